The number of likely N-dealkylation sites (tertiary alicyclic amines) is 1. The van der Waals surface area contributed by atoms with Crippen LogP contribution in [0.25, 0.3) is 6.08 Å². The van der Waals surface area contributed by atoms with Gasteiger partial charge in [0, 0.05) is 25.1 Å². The van der Waals surface area contributed by atoms with Crippen LogP contribution in [0.3, 0.4) is 0 Å². The minimum Gasteiger partial charge on any atom is -0.461 e. The lowest BCUT2D eigenvalue weighted by atomic mass is 10.1. The molecule has 1 aromatic heterocycles. The van der Waals surface area contributed by atoms with E-state index in [9.17, 15) is 9.90 Å². The van der Waals surface area contributed by atoms with E-state index in [0.29, 0.717) is 31.8 Å². The van der Waals surface area contributed by atoms with E-state index in [1.165, 1.54) is 6.42 Å². The largest absolute Gasteiger partial charge is 0.461 e. The second-order valence-corrected chi connectivity index (χ2v) is 5.95. The summed E-state index contributed by atoms with van der Waals surface area (Å²) in [5, 5.41) is 9.43. The van der Waals surface area contributed by atoms with Gasteiger partial charge in [0.2, 0.25) is 5.91 Å². The van der Waals surface area contributed by atoms with Gasteiger partial charge in [0.25, 0.3) is 0 Å². The summed E-state index contributed by atoms with van der Waals surface area (Å²) in [6.45, 7) is 3.48. The molecule has 2 atom stereocenters. The zero-order valence-electron chi connectivity index (χ0n) is 11.8. The maximum absolute atomic E-state index is 12.0. The molecule has 2 heterocycles. The molecule has 2 fully saturated rings. The van der Waals surface area contributed by atoms with Crippen LogP contribution in [0.5, 0.6) is 0 Å². The van der Waals surface area contributed by atoms with E-state index in [1.807, 2.05) is 12.1 Å². The first-order valence-corrected chi connectivity index (χ1v) is 7.38. The summed E-state index contributed by atoms with van der Waals surface area (Å²) in [6, 6.07) is 3.93. The highest BCUT2D eigenvalue weighted by Crippen LogP contribution is 2.47. The van der Waals surface area contributed by atoms with E-state index in [0.717, 1.165) is 17.4 Å². The normalized spacial score (nSPS) is 27.2. The highest BCUT2D eigenvalue weighted by atomic mass is 16.3. The number of aliphatic hydroxyl groups excluding tert-OH is 1. The van der Waals surface area contributed by atoms with Gasteiger partial charge in [-0.1, -0.05) is 6.92 Å². The fraction of sp³-hybridized carbons (Fsp3) is 0.562. The molecule has 4 heteroatoms. The topological polar surface area (TPSA) is 53.7 Å². The van der Waals surface area contributed by atoms with Gasteiger partial charge in [-0.05, 0) is 43.4 Å². The molecule has 0 aromatic carbocycles. The number of furan rings is 1. The van der Waals surface area contributed by atoms with E-state index < -0.39 is 0 Å². The third-order valence-corrected chi connectivity index (χ3v) is 4.29. The van der Waals surface area contributed by atoms with Gasteiger partial charge in [-0.2, -0.15) is 0 Å². The number of hydrogen-bond donors (Lipinski definition) is 1. The van der Waals surface area contributed by atoms with Crippen molar-refractivity contribution in [2.24, 2.45) is 5.92 Å². The van der Waals surface area contributed by atoms with E-state index in [1.54, 1.807) is 17.1 Å². The molecule has 1 aromatic rings. The van der Waals surface area contributed by atoms with Crippen LogP contribution in [0.2, 0.25) is 0 Å². The number of hydrogen-bond acceptors (Lipinski definition) is 3. The predicted molar refractivity (Wildman–Crippen MR) is 76.1 cm³/mol. The van der Waals surface area contributed by atoms with Crippen LogP contribution < -0.4 is 0 Å². The molecule has 3 rings (SSSR count). The average molecular weight is 275 g/mol. The lowest BCUT2D eigenvalue weighted by Crippen LogP contribution is -2.39. The Kier molecular flexibility index (Phi) is 3.66. The Morgan fingerprint density at radius 1 is 1.40 bits per heavy atom. The summed E-state index contributed by atoms with van der Waals surface area (Å²) in [5.74, 6) is 3.06. The second kappa shape index (κ2) is 5.44. The molecule has 1 saturated carbocycles. The number of amides is 1. The highest BCUT2D eigenvalue weighted by molar-refractivity contribution is 5.91. The van der Waals surface area contributed by atoms with Crippen LogP contribution in [0.15, 0.2) is 22.6 Å². The minimum absolute atomic E-state index is 0.00496. The van der Waals surface area contributed by atoms with Gasteiger partial charge in [0.1, 0.15) is 11.5 Å². The quantitative estimate of drug-likeness (QED) is 0.862. The fourth-order valence-electron chi connectivity index (χ4n) is 2.72. The van der Waals surface area contributed by atoms with Crippen LogP contribution in [0, 0.1) is 5.92 Å². The van der Waals surface area contributed by atoms with Crippen molar-refractivity contribution in [3.8, 4) is 0 Å². The van der Waals surface area contributed by atoms with Crippen molar-refractivity contribution in [3.05, 3.63) is 29.7 Å². The molecule has 0 radical (unpaired) electrons. The summed E-state index contributed by atoms with van der Waals surface area (Å²) >= 11 is 0. The van der Waals surface area contributed by atoms with E-state index in [4.69, 9.17) is 4.42 Å². The van der Waals surface area contributed by atoms with Crippen molar-refractivity contribution in [2.75, 3.05) is 13.1 Å². The summed E-state index contributed by atoms with van der Waals surface area (Å²) in [7, 11) is 0. The lowest BCUT2D eigenvalue weighted by Gasteiger charge is -2.28. The third kappa shape index (κ3) is 2.96. The van der Waals surface area contributed by atoms with Crippen molar-refractivity contribution >= 4 is 12.0 Å². The Morgan fingerprint density at radius 3 is 2.75 bits per heavy atom. The molecule has 1 saturated heterocycles. The first-order valence-electron chi connectivity index (χ1n) is 7.38. The Bertz CT molecular complexity index is 512. The number of carbonyl (C=O) groups excluding carboxylic acids is 1. The molecule has 1 N–H and O–H groups in total. The molecular formula is C16H21NO3. The van der Waals surface area contributed by atoms with Gasteiger partial charge < -0.3 is 14.4 Å². The van der Waals surface area contributed by atoms with Gasteiger partial charge in [-0.3, -0.25) is 4.79 Å². The Labute approximate surface area is 119 Å². The van der Waals surface area contributed by atoms with Crippen LogP contribution in [-0.2, 0) is 4.79 Å². The van der Waals surface area contributed by atoms with Crippen LogP contribution in [-0.4, -0.2) is 35.1 Å². The van der Waals surface area contributed by atoms with Gasteiger partial charge in [-0.25, -0.2) is 0 Å². The maximum atomic E-state index is 12.0. The Balaban J connectivity index is 1.56. The fourth-order valence-corrected chi connectivity index (χ4v) is 2.72. The molecule has 2 aliphatic rings. The van der Waals surface area contributed by atoms with E-state index in [2.05, 4.69) is 6.92 Å². The molecule has 20 heavy (non-hydrogen) atoms. The summed E-state index contributed by atoms with van der Waals surface area (Å²) in [5.41, 5.74) is 0. The SMILES string of the molecule is CC1CC1c1ccc(C=CC(=O)N2CCC(O)CC2)o1. The zero-order chi connectivity index (χ0) is 14.1. The number of aliphatic hydroxyl groups is 1. The molecule has 108 valence electrons. The molecular weight excluding hydrogens is 254 g/mol. The number of rotatable bonds is 3. The number of nitrogens with zero attached hydrogens (tertiary/aromatic N) is 1. The van der Waals surface area contributed by atoms with E-state index >= 15 is 0 Å². The smallest absolute Gasteiger partial charge is 0.246 e. The standard InChI is InChI=1S/C16H21NO3/c1-11-10-14(11)15-4-2-13(20-15)3-5-16(19)17-8-6-12(18)7-9-17/h2-5,11-12,14,18H,6-10H2,1H3. The predicted octanol–water partition coefficient (Wildman–Crippen LogP) is 2.40. The zero-order valence-corrected chi connectivity index (χ0v) is 11.8. The van der Waals surface area contributed by atoms with Gasteiger partial charge >= 0.3 is 0 Å². The molecule has 0 spiro atoms. The third-order valence-electron chi connectivity index (χ3n) is 4.29. The first-order chi connectivity index (χ1) is 9.63. The molecule has 1 aliphatic heterocycles. The summed E-state index contributed by atoms with van der Waals surface area (Å²) < 4.78 is 5.74. The van der Waals surface area contributed by atoms with Crippen molar-refractivity contribution in [1.82, 2.24) is 4.90 Å². The van der Waals surface area contributed by atoms with Gasteiger partial charge in [0.15, 0.2) is 0 Å². The van der Waals surface area contributed by atoms with Gasteiger partial charge in [0.05, 0.1) is 6.10 Å². The summed E-state index contributed by atoms with van der Waals surface area (Å²) in [4.78, 5) is 13.8. The first kappa shape index (κ1) is 13.4. The van der Waals surface area contributed by atoms with Crippen molar-refractivity contribution in [2.45, 2.75) is 38.2 Å². The van der Waals surface area contributed by atoms with Crippen molar-refractivity contribution < 1.29 is 14.3 Å². The Hall–Kier alpha value is -1.55. The second-order valence-electron chi connectivity index (χ2n) is 5.95. The number of piperidine rings is 1. The highest BCUT2D eigenvalue weighted by Gasteiger charge is 2.36. The molecule has 1 amide bonds. The van der Waals surface area contributed by atoms with E-state index in [-0.39, 0.29) is 12.0 Å². The monoisotopic (exact) mass is 275 g/mol. The van der Waals surface area contributed by atoms with Crippen LogP contribution in [0.4, 0.5) is 0 Å². The molecule has 0 bridgehead atoms. The summed E-state index contributed by atoms with van der Waals surface area (Å²) in [6.07, 6.45) is 5.59. The molecule has 4 nitrogen and oxygen atoms in total. The van der Waals surface area contributed by atoms with Crippen LogP contribution >= 0.6 is 0 Å². The lowest BCUT2D eigenvalue weighted by molar-refractivity contribution is -0.127. The Morgan fingerprint density at radius 2 is 2.10 bits per heavy atom. The minimum atomic E-state index is -0.254. The molecule has 2 unspecified atom stereocenters. The number of carbonyl (C=O) groups is 1. The maximum Gasteiger partial charge on any atom is 0.246 e. The molecule has 1 aliphatic carbocycles. The van der Waals surface area contributed by atoms with Crippen molar-refractivity contribution in [3.63, 3.8) is 0 Å². The average Bonchev–Trinajstić information content (AvgIpc) is 3.00. The van der Waals surface area contributed by atoms with Gasteiger partial charge in [-0.15, -0.1) is 0 Å². The van der Waals surface area contributed by atoms with Crippen molar-refractivity contribution in [1.29, 1.82) is 0 Å². The van der Waals surface area contributed by atoms with Crippen LogP contribution in [0.1, 0.15) is 43.6 Å².